The van der Waals surface area contributed by atoms with Crippen molar-refractivity contribution < 1.29 is 18.0 Å². The molecule has 0 saturated heterocycles. The van der Waals surface area contributed by atoms with Crippen LogP contribution in [0.2, 0.25) is 0 Å². The maximum absolute atomic E-state index is 5.48. The molecule has 0 radical (unpaired) electrons. The zero-order chi connectivity index (χ0) is 9.03. The van der Waals surface area contributed by atoms with Crippen molar-refractivity contribution in [2.75, 3.05) is 27.6 Å². The molecule has 0 bridgehead atoms. The highest BCUT2D eigenvalue weighted by atomic mass is 28.4. The van der Waals surface area contributed by atoms with Gasteiger partial charge in [0.25, 0.3) is 0 Å². The third-order valence-corrected chi connectivity index (χ3v) is 4.34. The summed E-state index contributed by atoms with van der Waals surface area (Å²) in [6.07, 6.45) is 3.18. The minimum absolute atomic E-state index is 0.414. The van der Waals surface area contributed by atoms with Gasteiger partial charge in [0.15, 0.2) is 0 Å². The monoisotopic (exact) mass is 192 g/mol. The van der Waals surface area contributed by atoms with E-state index in [1.54, 1.807) is 21.3 Å². The van der Waals surface area contributed by atoms with Gasteiger partial charge in [0.1, 0.15) is 6.23 Å². The highest BCUT2D eigenvalue weighted by molar-refractivity contribution is 6.60. The van der Waals surface area contributed by atoms with Crippen molar-refractivity contribution in [2.45, 2.75) is 18.9 Å². The lowest BCUT2D eigenvalue weighted by molar-refractivity contribution is 0.0574. The van der Waals surface area contributed by atoms with Crippen LogP contribution in [0.3, 0.4) is 0 Å². The van der Waals surface area contributed by atoms with Crippen LogP contribution in [-0.2, 0) is 18.0 Å². The molecule has 1 saturated carbocycles. The van der Waals surface area contributed by atoms with Crippen LogP contribution >= 0.6 is 0 Å². The summed E-state index contributed by atoms with van der Waals surface area (Å²) in [5, 5.41) is 0. The molecule has 4 nitrogen and oxygen atoms in total. The van der Waals surface area contributed by atoms with Gasteiger partial charge in [-0.05, 0) is 12.8 Å². The highest BCUT2D eigenvalue weighted by Crippen LogP contribution is 2.24. The third-order valence-electron chi connectivity index (χ3n) is 1.95. The lowest BCUT2D eigenvalue weighted by atomic mass is 10.9. The summed E-state index contributed by atoms with van der Waals surface area (Å²) in [6, 6.07) is 0. The summed E-state index contributed by atoms with van der Waals surface area (Å²) >= 11 is 0. The van der Waals surface area contributed by atoms with Gasteiger partial charge in [-0.1, -0.05) is 0 Å². The van der Waals surface area contributed by atoms with Crippen molar-refractivity contribution >= 4 is 8.80 Å². The second-order valence-corrected chi connectivity index (χ2v) is 5.69. The summed E-state index contributed by atoms with van der Waals surface area (Å²) in [7, 11) is 2.32. The second-order valence-electron chi connectivity index (χ2n) is 2.81. The van der Waals surface area contributed by atoms with Gasteiger partial charge < -0.3 is 18.0 Å². The van der Waals surface area contributed by atoms with Crippen molar-refractivity contribution in [3.63, 3.8) is 0 Å². The van der Waals surface area contributed by atoms with Crippen molar-refractivity contribution in [3.8, 4) is 0 Å². The van der Waals surface area contributed by atoms with Gasteiger partial charge in [0, 0.05) is 21.3 Å². The average Bonchev–Trinajstić information content (AvgIpc) is 2.92. The van der Waals surface area contributed by atoms with Crippen LogP contribution in [-0.4, -0.2) is 42.5 Å². The molecule has 0 heterocycles. The lowest BCUT2D eigenvalue weighted by Gasteiger charge is -2.23. The SMILES string of the molecule is CO[Si](COC1CC1)(OC)OC. The van der Waals surface area contributed by atoms with Gasteiger partial charge in [-0.2, -0.15) is 0 Å². The van der Waals surface area contributed by atoms with E-state index >= 15 is 0 Å². The fraction of sp³-hybridized carbons (Fsp3) is 1.00. The standard InChI is InChI=1S/C7H16O4Si/c1-8-12(9-2,10-3)6-11-7-4-5-7/h7H,4-6H2,1-3H3. The van der Waals surface area contributed by atoms with Crippen LogP contribution in [0.1, 0.15) is 12.8 Å². The zero-order valence-electron chi connectivity index (χ0n) is 7.83. The molecule has 5 heteroatoms. The molecule has 12 heavy (non-hydrogen) atoms. The van der Waals surface area contributed by atoms with E-state index in [9.17, 15) is 0 Å². The molecule has 0 aromatic rings. The molecule has 72 valence electrons. The Morgan fingerprint density at radius 1 is 1.08 bits per heavy atom. The van der Waals surface area contributed by atoms with E-state index in [0.717, 1.165) is 12.8 Å². The van der Waals surface area contributed by atoms with Gasteiger partial charge in [-0.3, -0.25) is 0 Å². The summed E-state index contributed by atoms with van der Waals surface area (Å²) < 4.78 is 21.0. The van der Waals surface area contributed by atoms with Crippen molar-refractivity contribution in [1.82, 2.24) is 0 Å². The Balaban J connectivity index is 2.28. The molecule has 0 spiro atoms. The maximum atomic E-state index is 5.48. The first-order valence-corrected chi connectivity index (χ1v) is 5.96. The maximum Gasteiger partial charge on any atom is 0.527 e. The Morgan fingerprint density at radius 2 is 1.58 bits per heavy atom. The normalized spacial score (nSPS) is 18.2. The van der Waals surface area contributed by atoms with E-state index in [2.05, 4.69) is 0 Å². The van der Waals surface area contributed by atoms with Crippen molar-refractivity contribution in [2.24, 2.45) is 0 Å². The molecule has 0 atom stereocenters. The molecule has 0 N–H and O–H groups in total. The Hall–Kier alpha value is 0.0569. The fourth-order valence-corrected chi connectivity index (χ4v) is 2.17. The smallest absolute Gasteiger partial charge is 0.375 e. The molecule has 1 rings (SSSR count). The summed E-state index contributed by atoms with van der Waals surface area (Å²) in [5.74, 6) is 0. The van der Waals surface area contributed by atoms with Gasteiger partial charge in [-0.15, -0.1) is 0 Å². The Labute approximate surface area is 74.1 Å². The number of hydrogen-bond donors (Lipinski definition) is 0. The number of ether oxygens (including phenoxy) is 1. The van der Waals surface area contributed by atoms with E-state index in [4.69, 9.17) is 18.0 Å². The minimum Gasteiger partial charge on any atom is -0.375 e. The van der Waals surface area contributed by atoms with Crippen LogP contribution in [0.4, 0.5) is 0 Å². The van der Waals surface area contributed by atoms with E-state index in [-0.39, 0.29) is 0 Å². The zero-order valence-corrected chi connectivity index (χ0v) is 8.83. The molecule has 0 aromatic carbocycles. The first-order chi connectivity index (χ1) is 5.76. The molecule has 0 unspecified atom stereocenters. The quantitative estimate of drug-likeness (QED) is 0.577. The van der Waals surface area contributed by atoms with Gasteiger partial charge in [-0.25, -0.2) is 0 Å². The van der Waals surface area contributed by atoms with Crippen LogP contribution in [0, 0.1) is 0 Å². The van der Waals surface area contributed by atoms with E-state index in [1.165, 1.54) is 0 Å². The number of hydrogen-bond acceptors (Lipinski definition) is 4. The summed E-state index contributed by atoms with van der Waals surface area (Å²) in [5.41, 5.74) is 0. The van der Waals surface area contributed by atoms with Crippen molar-refractivity contribution in [3.05, 3.63) is 0 Å². The van der Waals surface area contributed by atoms with Crippen LogP contribution < -0.4 is 0 Å². The molecule has 1 aliphatic rings. The van der Waals surface area contributed by atoms with E-state index in [0.29, 0.717) is 12.3 Å². The lowest BCUT2D eigenvalue weighted by Crippen LogP contribution is -2.48. The van der Waals surface area contributed by atoms with Gasteiger partial charge in [0.05, 0.1) is 6.10 Å². The van der Waals surface area contributed by atoms with Crippen LogP contribution in [0.15, 0.2) is 0 Å². The van der Waals surface area contributed by atoms with Gasteiger partial charge in [0.2, 0.25) is 0 Å². The van der Waals surface area contributed by atoms with Crippen molar-refractivity contribution in [1.29, 1.82) is 0 Å². The highest BCUT2D eigenvalue weighted by Gasteiger charge is 2.40. The first-order valence-electron chi connectivity index (χ1n) is 4.03. The van der Waals surface area contributed by atoms with Crippen LogP contribution in [0.5, 0.6) is 0 Å². The average molecular weight is 192 g/mol. The first kappa shape index (κ1) is 10.1. The second kappa shape index (κ2) is 4.34. The Morgan fingerprint density at radius 3 is 1.92 bits per heavy atom. The molecular weight excluding hydrogens is 176 g/mol. The molecule has 0 aliphatic heterocycles. The molecule has 0 aromatic heterocycles. The molecule has 0 amide bonds. The topological polar surface area (TPSA) is 36.9 Å². The summed E-state index contributed by atoms with van der Waals surface area (Å²) in [4.78, 5) is 0. The van der Waals surface area contributed by atoms with E-state index < -0.39 is 8.80 Å². The molecule has 1 fully saturated rings. The molecular formula is C7H16O4Si. The summed E-state index contributed by atoms with van der Waals surface area (Å²) in [6.45, 7) is 0. The number of rotatable bonds is 6. The predicted octanol–water partition coefficient (Wildman–Crippen LogP) is 0.583. The Kier molecular flexibility index (Phi) is 3.67. The molecule has 1 aliphatic carbocycles. The third kappa shape index (κ3) is 2.53. The van der Waals surface area contributed by atoms with E-state index in [1.807, 2.05) is 0 Å². The predicted molar refractivity (Wildman–Crippen MR) is 45.8 cm³/mol. The van der Waals surface area contributed by atoms with Gasteiger partial charge >= 0.3 is 8.80 Å². The fourth-order valence-electron chi connectivity index (χ4n) is 0.881. The largest absolute Gasteiger partial charge is 0.527 e. The van der Waals surface area contributed by atoms with Crippen LogP contribution in [0.25, 0.3) is 0 Å². The Bertz CT molecular complexity index is 125. The minimum atomic E-state index is -2.46.